The third-order valence-electron chi connectivity index (χ3n) is 13.6. The molecule has 0 radical (unpaired) electrons. The number of ether oxygens (including phenoxy) is 3. The molecule has 6 nitrogen and oxygen atoms in total. The molecule has 0 saturated heterocycles. The minimum absolute atomic E-state index is 0.0959. The Morgan fingerprint density at radius 1 is 0.266 bits per heavy atom. The summed E-state index contributed by atoms with van der Waals surface area (Å²) in [5, 5.41) is 0. The van der Waals surface area contributed by atoms with E-state index in [4.69, 9.17) is 14.2 Å². The summed E-state index contributed by atoms with van der Waals surface area (Å²) < 4.78 is 16.9. The van der Waals surface area contributed by atoms with Crippen LogP contribution in [0.25, 0.3) is 0 Å². The van der Waals surface area contributed by atoms with E-state index >= 15 is 0 Å². The van der Waals surface area contributed by atoms with Crippen molar-refractivity contribution in [2.75, 3.05) is 13.2 Å². The molecular formula is C73H120O6. The van der Waals surface area contributed by atoms with Gasteiger partial charge in [0.2, 0.25) is 0 Å². The average molecular weight is 1090 g/mol. The zero-order chi connectivity index (χ0) is 57.1. The molecule has 0 N–H and O–H groups in total. The maximum Gasteiger partial charge on any atom is 0.306 e. The number of rotatable bonds is 58. The zero-order valence-electron chi connectivity index (χ0n) is 51.3. The van der Waals surface area contributed by atoms with Gasteiger partial charge in [0.15, 0.2) is 6.10 Å². The maximum atomic E-state index is 12.9. The van der Waals surface area contributed by atoms with Gasteiger partial charge in [0, 0.05) is 19.3 Å². The Balaban J connectivity index is 4.39. The highest BCUT2D eigenvalue weighted by atomic mass is 16.6. The molecule has 0 aliphatic rings. The number of allylic oxidation sites excluding steroid dienone is 22. The van der Waals surface area contributed by atoms with Gasteiger partial charge in [-0.15, -0.1) is 0 Å². The molecule has 79 heavy (non-hydrogen) atoms. The molecule has 0 spiro atoms. The van der Waals surface area contributed by atoms with Gasteiger partial charge in [-0.2, -0.15) is 0 Å². The SMILES string of the molecule is CC/C=C\C/C=C\C/C=C\C/C=C\C/C=C\C/C=C\CCCCCCCCCCC(=O)OCC(COC(=O)CCCCCCC/C=C\C/C=C\CCC)OC(=O)CCCCCCCC/C=C\C/C=C\C/C=C\CCCCCCC. The monoisotopic (exact) mass is 1090 g/mol. The first-order valence-corrected chi connectivity index (χ1v) is 32.7. The molecule has 0 rings (SSSR count). The molecule has 0 aliphatic heterocycles. The predicted molar refractivity (Wildman–Crippen MR) is 343 cm³/mol. The molecule has 0 saturated carbocycles. The fourth-order valence-electron chi connectivity index (χ4n) is 8.73. The van der Waals surface area contributed by atoms with Crippen LogP contribution in [0.4, 0.5) is 0 Å². The van der Waals surface area contributed by atoms with E-state index in [1.165, 1.54) is 89.9 Å². The lowest BCUT2D eigenvalue weighted by Crippen LogP contribution is -2.30. The Morgan fingerprint density at radius 2 is 0.519 bits per heavy atom. The van der Waals surface area contributed by atoms with Crippen molar-refractivity contribution in [2.24, 2.45) is 0 Å². The van der Waals surface area contributed by atoms with Crippen LogP contribution in [-0.4, -0.2) is 37.2 Å². The van der Waals surface area contributed by atoms with Crippen molar-refractivity contribution in [3.05, 3.63) is 134 Å². The van der Waals surface area contributed by atoms with Gasteiger partial charge < -0.3 is 14.2 Å². The van der Waals surface area contributed by atoms with Crippen LogP contribution in [-0.2, 0) is 28.6 Å². The molecule has 0 bridgehead atoms. The minimum atomic E-state index is -0.801. The van der Waals surface area contributed by atoms with Gasteiger partial charge in [0.25, 0.3) is 0 Å². The van der Waals surface area contributed by atoms with Crippen molar-refractivity contribution in [1.29, 1.82) is 0 Å². The van der Waals surface area contributed by atoms with Crippen LogP contribution in [0.5, 0.6) is 0 Å². The largest absolute Gasteiger partial charge is 0.462 e. The van der Waals surface area contributed by atoms with Crippen molar-refractivity contribution < 1.29 is 28.6 Å². The summed E-state index contributed by atoms with van der Waals surface area (Å²) in [6.07, 6.45) is 93.1. The first kappa shape index (κ1) is 74.5. The summed E-state index contributed by atoms with van der Waals surface area (Å²) in [4.78, 5) is 38.3. The van der Waals surface area contributed by atoms with E-state index < -0.39 is 6.10 Å². The molecule has 1 atom stereocenters. The zero-order valence-corrected chi connectivity index (χ0v) is 51.3. The Bertz CT molecular complexity index is 1680. The molecule has 0 heterocycles. The highest BCUT2D eigenvalue weighted by Gasteiger charge is 2.19. The molecular weight excluding hydrogens is 973 g/mol. The molecule has 0 aliphatic carbocycles. The quantitative estimate of drug-likeness (QED) is 0.0261. The highest BCUT2D eigenvalue weighted by molar-refractivity contribution is 5.71. The predicted octanol–water partition coefficient (Wildman–Crippen LogP) is 22.5. The fraction of sp³-hybridized carbons (Fsp3) is 0.658. The van der Waals surface area contributed by atoms with Crippen LogP contribution in [0.1, 0.15) is 290 Å². The standard InChI is InChI=1S/C73H120O6/c1-4-7-10-13-16-19-22-25-27-29-31-33-34-35-36-37-38-40-41-43-45-48-51-54-57-60-63-66-72(75)78-69-70(68-77-71(74)65-62-59-56-53-50-47-24-21-18-15-12-9-6-3)79-73(76)67-64-61-58-55-52-49-46-44-42-39-32-30-28-26-23-20-17-14-11-8-5-2/h7,10,12,15-16,19,21,23-27,30-33,35-36,38,40,42,44,70H,4-6,8-9,11,13-14,17-18,20,22,28-29,34,37,39,41,43,45-69H2,1-3H3/b10-7-,15-12-,19-16-,24-21-,26-23-,27-25-,32-30-,33-31-,36-35-,40-38-,44-42-. The Kier molecular flexibility index (Phi) is 62.3. The Hall–Kier alpha value is -4.45. The number of hydrogen-bond donors (Lipinski definition) is 0. The Labute approximate surface area is 487 Å². The van der Waals surface area contributed by atoms with Gasteiger partial charge in [-0.25, -0.2) is 0 Å². The first-order chi connectivity index (χ1) is 39.0. The second-order valence-corrected chi connectivity index (χ2v) is 21.3. The van der Waals surface area contributed by atoms with Gasteiger partial charge in [0.05, 0.1) is 0 Å². The summed E-state index contributed by atoms with van der Waals surface area (Å²) in [7, 11) is 0. The van der Waals surface area contributed by atoms with Crippen molar-refractivity contribution in [2.45, 2.75) is 297 Å². The molecule has 0 amide bonds. The molecule has 0 aromatic heterocycles. The van der Waals surface area contributed by atoms with Gasteiger partial charge in [-0.1, -0.05) is 270 Å². The maximum absolute atomic E-state index is 12.9. The molecule has 448 valence electrons. The summed E-state index contributed by atoms with van der Waals surface area (Å²) in [6, 6.07) is 0. The summed E-state index contributed by atoms with van der Waals surface area (Å²) in [5.41, 5.74) is 0. The topological polar surface area (TPSA) is 78.9 Å². The first-order valence-electron chi connectivity index (χ1n) is 32.7. The lowest BCUT2D eigenvalue weighted by molar-refractivity contribution is -0.167. The number of carbonyl (C=O) groups is 3. The highest BCUT2D eigenvalue weighted by Crippen LogP contribution is 2.15. The molecule has 6 heteroatoms. The third kappa shape index (κ3) is 64.3. The normalized spacial score (nSPS) is 13.0. The molecule has 1 unspecified atom stereocenters. The van der Waals surface area contributed by atoms with Crippen LogP contribution >= 0.6 is 0 Å². The van der Waals surface area contributed by atoms with Crippen molar-refractivity contribution in [3.8, 4) is 0 Å². The van der Waals surface area contributed by atoms with Gasteiger partial charge in [-0.05, 0) is 135 Å². The van der Waals surface area contributed by atoms with Crippen molar-refractivity contribution in [3.63, 3.8) is 0 Å². The number of hydrogen-bond acceptors (Lipinski definition) is 6. The number of carbonyl (C=O) groups excluding carboxylic acids is 3. The lowest BCUT2D eigenvalue weighted by Gasteiger charge is -2.18. The van der Waals surface area contributed by atoms with Crippen molar-refractivity contribution >= 4 is 17.9 Å². The van der Waals surface area contributed by atoms with E-state index in [9.17, 15) is 14.4 Å². The summed E-state index contributed by atoms with van der Waals surface area (Å²) in [6.45, 7) is 6.43. The molecule has 0 aromatic carbocycles. The smallest absolute Gasteiger partial charge is 0.306 e. The average Bonchev–Trinajstić information content (AvgIpc) is 3.45. The van der Waals surface area contributed by atoms with Gasteiger partial charge in [-0.3, -0.25) is 14.4 Å². The summed E-state index contributed by atoms with van der Waals surface area (Å²) in [5.74, 6) is -0.928. The van der Waals surface area contributed by atoms with E-state index in [0.717, 1.165) is 161 Å². The molecule has 0 aromatic rings. The second-order valence-electron chi connectivity index (χ2n) is 21.3. The Morgan fingerprint density at radius 3 is 0.823 bits per heavy atom. The van der Waals surface area contributed by atoms with Crippen LogP contribution < -0.4 is 0 Å². The second kappa shape index (κ2) is 66.1. The molecule has 0 fully saturated rings. The van der Waals surface area contributed by atoms with E-state index in [0.29, 0.717) is 19.3 Å². The fourth-order valence-corrected chi connectivity index (χ4v) is 8.73. The van der Waals surface area contributed by atoms with Gasteiger partial charge in [0.1, 0.15) is 13.2 Å². The van der Waals surface area contributed by atoms with Crippen LogP contribution in [0.2, 0.25) is 0 Å². The minimum Gasteiger partial charge on any atom is -0.462 e. The lowest BCUT2D eigenvalue weighted by atomic mass is 10.1. The van der Waals surface area contributed by atoms with Gasteiger partial charge >= 0.3 is 17.9 Å². The summed E-state index contributed by atoms with van der Waals surface area (Å²) >= 11 is 0. The number of esters is 3. The van der Waals surface area contributed by atoms with Crippen LogP contribution in [0, 0.1) is 0 Å². The van der Waals surface area contributed by atoms with E-state index in [-0.39, 0.29) is 31.1 Å². The van der Waals surface area contributed by atoms with Crippen molar-refractivity contribution in [1.82, 2.24) is 0 Å². The van der Waals surface area contributed by atoms with E-state index in [2.05, 4.69) is 154 Å². The van der Waals surface area contributed by atoms with Crippen LogP contribution in [0.3, 0.4) is 0 Å². The van der Waals surface area contributed by atoms with E-state index in [1.54, 1.807) is 0 Å². The third-order valence-corrected chi connectivity index (χ3v) is 13.6. The van der Waals surface area contributed by atoms with Crippen LogP contribution in [0.15, 0.2) is 134 Å². The number of unbranched alkanes of at least 4 members (excludes halogenated alkanes) is 25. The van der Waals surface area contributed by atoms with E-state index in [1.807, 2.05) is 0 Å².